The van der Waals surface area contributed by atoms with E-state index in [9.17, 15) is 27.9 Å². The first kappa shape index (κ1) is 82.3. The largest absolute Gasteiger partial charge is 0.497 e. The maximum Gasteiger partial charge on any atom is 0.360 e. The predicted molar refractivity (Wildman–Crippen MR) is 362 cm³/mol. The number of anilines is 2. The number of carbonyl (C=O) groups is 1. The van der Waals surface area contributed by atoms with Crippen LogP contribution in [0.5, 0.6) is 23.0 Å². The standard InChI is InChI=1S/C9H13NS.C9H13O4P.C9H13O2P.C8H11O4P.C8H11O3P.C7H9NS.C5H11NO2.C4H11NS/c1-10(2)8-4-6-9(11-3)7-5-8;1-11-8-4-6-9(7-5-8)14(10,12-2)13-3;1-11-8-4-6-9(7-5-8)12(2,3)10;1-11-7-3-5-8(6-4-7)13(9,10)12-2;1-11-7-3-5-8(6-4-7)12(2,9)10;1-9-7-4-2-6(8)3-5-7;1-8-5(7)3-2-4-6;1-6-4-2-3-5/h4-7H,1-3H3;4-7H,1-3H3;4-7H,1-3H3;3-6H,1-2H3,(H,9,10);3-6H,1-2H3,(H,9,10);2-5H,8H2,1H3;2-4,6H2,1H3;2-5H2,1H3. The van der Waals surface area contributed by atoms with Crippen LogP contribution < -0.4 is 62.3 Å². The highest BCUT2D eigenvalue weighted by Crippen LogP contribution is 2.45. The van der Waals surface area contributed by atoms with Gasteiger partial charge in [-0.05, 0) is 209 Å². The lowest BCUT2D eigenvalue weighted by Gasteiger charge is -2.13. The lowest BCUT2D eigenvalue weighted by Crippen LogP contribution is -2.07. The van der Waals surface area contributed by atoms with Gasteiger partial charge in [-0.15, -0.1) is 23.5 Å². The third kappa shape index (κ3) is 36.9. The molecule has 0 saturated carbocycles. The molecule has 6 rings (SSSR count). The molecule has 2 unspecified atom stereocenters. The summed E-state index contributed by atoms with van der Waals surface area (Å²) >= 11 is 5.34. The summed E-state index contributed by atoms with van der Waals surface area (Å²) in [6.07, 6.45) is 8.53. The van der Waals surface area contributed by atoms with E-state index in [2.05, 4.69) is 50.9 Å². The molecular formula is C59H92N4O15P4S3. The van der Waals surface area contributed by atoms with Gasteiger partial charge in [0, 0.05) is 80.3 Å². The Kier molecular flexibility index (Phi) is 45.0. The SMILES string of the molecule is COC(=O)CCCN.COc1ccc(P(=O)(O)OC)cc1.COc1ccc(P(=O)(OC)OC)cc1.COc1ccc(P(C)(=O)O)cc1.COc1ccc(P(C)(C)=O)cc1.CSCCCN.CSc1ccc(N(C)C)cc1.CSc1ccc(N)cc1. The number of esters is 1. The Bertz CT molecular complexity index is 2790. The van der Waals surface area contributed by atoms with Crippen molar-refractivity contribution in [2.24, 2.45) is 11.5 Å². The molecule has 6 aromatic rings. The number of hydrogen-bond acceptors (Lipinski definition) is 20. The van der Waals surface area contributed by atoms with Crippen molar-refractivity contribution in [2.45, 2.75) is 29.1 Å². The summed E-state index contributed by atoms with van der Waals surface area (Å²) in [5, 5.41) is 2.12. The van der Waals surface area contributed by atoms with Gasteiger partial charge < -0.3 is 73.7 Å². The van der Waals surface area contributed by atoms with Crippen molar-refractivity contribution < 1.29 is 70.1 Å². The highest BCUT2D eigenvalue weighted by atomic mass is 32.2. The van der Waals surface area contributed by atoms with Gasteiger partial charge >= 0.3 is 21.2 Å². The Balaban J connectivity index is 0. The fourth-order valence-electron chi connectivity index (χ4n) is 5.79. The zero-order valence-corrected chi connectivity index (χ0v) is 58.0. The molecule has 0 aliphatic heterocycles. The minimum Gasteiger partial charge on any atom is -0.497 e. The number of carbonyl (C=O) groups excluding carboxylic acids is 1. The molecule has 8 N–H and O–H groups in total. The highest BCUT2D eigenvalue weighted by molar-refractivity contribution is 7.99. The van der Waals surface area contributed by atoms with Crippen molar-refractivity contribution in [3.8, 4) is 23.0 Å². The van der Waals surface area contributed by atoms with Gasteiger partial charge in [0.1, 0.15) is 30.1 Å². The molecule has 0 aliphatic rings. The van der Waals surface area contributed by atoms with Crippen LogP contribution in [0.1, 0.15) is 19.3 Å². The van der Waals surface area contributed by atoms with Crippen LogP contribution in [-0.2, 0) is 41.4 Å². The van der Waals surface area contributed by atoms with Gasteiger partial charge in [-0.3, -0.25) is 18.5 Å². The minimum atomic E-state index is -3.61. The van der Waals surface area contributed by atoms with Gasteiger partial charge in [0.15, 0.2) is 0 Å². The van der Waals surface area contributed by atoms with Gasteiger partial charge in [0.25, 0.3) is 0 Å². The zero-order chi connectivity index (χ0) is 65.1. The number of benzene rings is 6. The van der Waals surface area contributed by atoms with Crippen LogP contribution >= 0.6 is 65.0 Å². The van der Waals surface area contributed by atoms with E-state index in [1.54, 1.807) is 119 Å². The number of thioether (sulfide) groups is 3. The van der Waals surface area contributed by atoms with Gasteiger partial charge in [0.05, 0.1) is 46.2 Å². The summed E-state index contributed by atoms with van der Waals surface area (Å²) in [5.74, 6) is 3.85. The van der Waals surface area contributed by atoms with Crippen LogP contribution in [0, 0.1) is 0 Å². The summed E-state index contributed by atoms with van der Waals surface area (Å²) in [6.45, 7) is 6.22. The van der Waals surface area contributed by atoms with Gasteiger partial charge in [-0.25, -0.2) is 0 Å². The molecule has 0 spiro atoms. The Morgan fingerprint density at radius 3 is 1.12 bits per heavy atom. The summed E-state index contributed by atoms with van der Waals surface area (Å²) in [6, 6.07) is 43.2. The smallest absolute Gasteiger partial charge is 0.360 e. The maximum atomic E-state index is 11.9. The Morgan fingerprint density at radius 2 is 0.847 bits per heavy atom. The molecule has 0 fully saturated rings. The van der Waals surface area contributed by atoms with Gasteiger partial charge in [0.2, 0.25) is 7.37 Å². The fourth-order valence-corrected chi connectivity index (χ4v) is 10.4. The minimum absolute atomic E-state index is 0.185. The monoisotopic (exact) mass is 1320 g/mol. The van der Waals surface area contributed by atoms with Crippen LogP contribution in [0.3, 0.4) is 0 Å². The fraction of sp³-hybridized carbons (Fsp3) is 0.373. The van der Waals surface area contributed by atoms with Crippen molar-refractivity contribution in [3.05, 3.63) is 146 Å². The molecule has 26 heteroatoms. The molecule has 0 aromatic heterocycles. The van der Waals surface area contributed by atoms with Gasteiger partial charge in [-0.2, -0.15) is 11.8 Å². The molecule has 0 amide bonds. The number of nitrogen functional groups attached to an aromatic ring is 1. The Hall–Kier alpha value is -4.72. The van der Waals surface area contributed by atoms with Crippen molar-refractivity contribution in [1.29, 1.82) is 0 Å². The molecular weight excluding hydrogens is 1220 g/mol. The van der Waals surface area contributed by atoms with Crippen molar-refractivity contribution in [3.63, 3.8) is 0 Å². The van der Waals surface area contributed by atoms with E-state index in [1.165, 1.54) is 75.6 Å². The van der Waals surface area contributed by atoms with Gasteiger partial charge in [-0.1, -0.05) is 0 Å². The second-order valence-electron chi connectivity index (χ2n) is 17.6. The lowest BCUT2D eigenvalue weighted by atomic mass is 10.3. The number of nitrogens with two attached hydrogens (primary N) is 3. The third-order valence-corrected chi connectivity index (χ3v) is 19.2. The summed E-state index contributed by atoms with van der Waals surface area (Å²) in [4.78, 5) is 33.4. The first-order valence-electron chi connectivity index (χ1n) is 25.8. The Morgan fingerprint density at radius 1 is 0.494 bits per heavy atom. The quantitative estimate of drug-likeness (QED) is 0.0156. The van der Waals surface area contributed by atoms with E-state index in [0.29, 0.717) is 47.2 Å². The second-order valence-corrected chi connectivity index (χ2v) is 30.0. The van der Waals surface area contributed by atoms with E-state index in [1.807, 2.05) is 80.6 Å². The second kappa shape index (κ2) is 46.4. The number of hydrogen-bond donors (Lipinski definition) is 5. The Labute approximate surface area is 519 Å². The number of nitrogens with zero attached hydrogens (tertiary/aromatic N) is 1. The summed E-state index contributed by atoms with van der Waals surface area (Å²) < 4.78 is 84.1. The van der Waals surface area contributed by atoms with Crippen LogP contribution in [0.2, 0.25) is 0 Å². The average Bonchev–Trinajstić information content (AvgIpc) is 3.73. The first-order valence-corrected chi connectivity index (χ1v) is 37.5. The van der Waals surface area contributed by atoms with E-state index in [0.717, 1.165) is 29.7 Å². The third-order valence-electron chi connectivity index (χ3n) is 10.8. The van der Waals surface area contributed by atoms with Crippen molar-refractivity contribution in [2.75, 3.05) is 139 Å². The van der Waals surface area contributed by atoms with E-state index < -0.39 is 29.7 Å². The summed E-state index contributed by atoms with van der Waals surface area (Å²) in [7, 11) is 3.72. The number of methoxy groups -OCH3 is 5. The molecule has 19 nitrogen and oxygen atoms in total. The normalized spacial score (nSPS) is 11.6. The molecule has 0 bridgehead atoms. The summed E-state index contributed by atoms with van der Waals surface area (Å²) in [5.41, 5.74) is 17.9. The molecule has 0 saturated heterocycles. The molecule has 0 radical (unpaired) electrons. The molecule has 476 valence electrons. The van der Waals surface area contributed by atoms with Crippen LogP contribution in [0.15, 0.2) is 155 Å². The lowest BCUT2D eigenvalue weighted by molar-refractivity contribution is -0.140. The van der Waals surface area contributed by atoms with E-state index in [4.69, 9.17) is 50.1 Å². The number of rotatable bonds is 20. The first-order chi connectivity index (χ1) is 40.1. The maximum absolute atomic E-state index is 11.9. The molecule has 85 heavy (non-hydrogen) atoms. The number of ether oxygens (including phenoxy) is 5. The van der Waals surface area contributed by atoms with Crippen LogP contribution in [0.4, 0.5) is 11.4 Å². The molecule has 0 heterocycles. The van der Waals surface area contributed by atoms with Crippen molar-refractivity contribution >= 4 is 104 Å². The van der Waals surface area contributed by atoms with Crippen LogP contribution in [0.25, 0.3) is 0 Å². The predicted octanol–water partition coefficient (Wildman–Crippen LogP) is 11.2. The zero-order valence-electron chi connectivity index (χ0n) is 52.0. The molecule has 6 aromatic carbocycles. The molecule has 0 aliphatic carbocycles. The highest BCUT2D eigenvalue weighted by Gasteiger charge is 2.24. The van der Waals surface area contributed by atoms with Crippen molar-refractivity contribution in [1.82, 2.24) is 0 Å². The average molecular weight is 1320 g/mol. The van der Waals surface area contributed by atoms with E-state index in [-0.39, 0.29) is 11.3 Å². The van der Waals surface area contributed by atoms with E-state index >= 15 is 0 Å². The topological polar surface area (TPSA) is 281 Å². The van der Waals surface area contributed by atoms with Crippen LogP contribution in [-0.4, -0.2) is 144 Å². The molecule has 2 atom stereocenters.